The molecule has 78 valence electrons. The molecule has 5 heteroatoms. The Balaban J connectivity index is 2.72. The van der Waals surface area contributed by atoms with E-state index in [-0.39, 0.29) is 18.4 Å². The van der Waals surface area contributed by atoms with Crippen LogP contribution >= 0.6 is 0 Å². The monoisotopic (exact) mass is 196 g/mol. The average Bonchev–Trinajstić information content (AvgIpc) is 2.51. The van der Waals surface area contributed by atoms with E-state index in [0.29, 0.717) is 0 Å². The minimum atomic E-state index is -0.387. The van der Waals surface area contributed by atoms with Gasteiger partial charge in [0.05, 0.1) is 18.1 Å². The third-order valence-electron chi connectivity index (χ3n) is 2.01. The van der Waals surface area contributed by atoms with Gasteiger partial charge in [0.25, 0.3) is 0 Å². The first kappa shape index (κ1) is 10.7. The number of hydrogen-bond acceptors (Lipinski definition) is 3. The van der Waals surface area contributed by atoms with Gasteiger partial charge >= 0.3 is 0 Å². The maximum absolute atomic E-state index is 10.7. The Kier molecular flexibility index (Phi) is 3.64. The molecule has 0 aliphatic rings. The summed E-state index contributed by atoms with van der Waals surface area (Å²) >= 11 is 0. The lowest BCUT2D eigenvalue weighted by Crippen LogP contribution is -2.22. The first-order chi connectivity index (χ1) is 6.65. The first-order valence-electron chi connectivity index (χ1n) is 4.69. The molecule has 1 aromatic rings. The number of nitrogens with zero attached hydrogens (tertiary/aromatic N) is 2. The zero-order chi connectivity index (χ0) is 10.6. The number of primary amides is 1. The molecule has 0 saturated heterocycles. The highest BCUT2D eigenvalue weighted by Gasteiger charge is 2.13. The van der Waals surface area contributed by atoms with Gasteiger partial charge < -0.3 is 16.0 Å². The molecule has 14 heavy (non-hydrogen) atoms. The summed E-state index contributed by atoms with van der Waals surface area (Å²) in [5.41, 5.74) is 11.8. The second-order valence-corrected chi connectivity index (χ2v) is 3.29. The SMILES string of the molecule is CCCn1cncc1C(N)CC(N)=O. The van der Waals surface area contributed by atoms with Crippen molar-refractivity contribution in [2.24, 2.45) is 11.5 Å². The molecule has 1 heterocycles. The van der Waals surface area contributed by atoms with Crippen LogP contribution in [-0.4, -0.2) is 15.5 Å². The molecule has 1 aromatic heterocycles. The smallest absolute Gasteiger partial charge is 0.219 e. The van der Waals surface area contributed by atoms with Gasteiger partial charge in [-0.1, -0.05) is 6.92 Å². The summed E-state index contributed by atoms with van der Waals surface area (Å²) in [6.45, 7) is 2.94. The van der Waals surface area contributed by atoms with Crippen molar-refractivity contribution in [3.8, 4) is 0 Å². The zero-order valence-corrected chi connectivity index (χ0v) is 8.31. The Morgan fingerprint density at radius 3 is 3.00 bits per heavy atom. The van der Waals surface area contributed by atoms with Gasteiger partial charge in [0.1, 0.15) is 0 Å². The molecule has 1 unspecified atom stereocenters. The third kappa shape index (κ3) is 2.56. The van der Waals surface area contributed by atoms with Crippen molar-refractivity contribution >= 4 is 5.91 Å². The highest BCUT2D eigenvalue weighted by Crippen LogP contribution is 2.13. The molecule has 0 aliphatic heterocycles. The Morgan fingerprint density at radius 2 is 2.43 bits per heavy atom. The van der Waals surface area contributed by atoms with Crippen LogP contribution in [0.5, 0.6) is 0 Å². The summed E-state index contributed by atoms with van der Waals surface area (Å²) in [6.07, 6.45) is 4.57. The summed E-state index contributed by atoms with van der Waals surface area (Å²) in [4.78, 5) is 14.7. The fraction of sp³-hybridized carbons (Fsp3) is 0.556. The van der Waals surface area contributed by atoms with Crippen LogP contribution in [0.25, 0.3) is 0 Å². The highest BCUT2D eigenvalue weighted by molar-refractivity contribution is 5.74. The fourth-order valence-corrected chi connectivity index (χ4v) is 1.39. The second-order valence-electron chi connectivity index (χ2n) is 3.29. The van der Waals surface area contributed by atoms with Crippen molar-refractivity contribution in [3.63, 3.8) is 0 Å². The molecule has 4 N–H and O–H groups in total. The van der Waals surface area contributed by atoms with Crippen LogP contribution in [0.4, 0.5) is 0 Å². The predicted molar refractivity (Wildman–Crippen MR) is 53.3 cm³/mol. The number of imidazole rings is 1. The number of carbonyl (C=O) groups is 1. The highest BCUT2D eigenvalue weighted by atomic mass is 16.1. The standard InChI is InChI=1S/C9H16N4O/c1-2-3-13-6-12-5-8(13)7(10)4-9(11)14/h5-7H,2-4,10H2,1H3,(H2,11,14). The zero-order valence-electron chi connectivity index (χ0n) is 8.31. The minimum Gasteiger partial charge on any atom is -0.370 e. The molecule has 1 amide bonds. The van der Waals surface area contributed by atoms with Crippen LogP contribution in [0, 0.1) is 0 Å². The van der Waals surface area contributed by atoms with Crippen LogP contribution in [0.1, 0.15) is 31.5 Å². The van der Waals surface area contributed by atoms with Crippen molar-refractivity contribution in [2.75, 3.05) is 0 Å². The molecule has 0 saturated carbocycles. The van der Waals surface area contributed by atoms with Crippen LogP contribution in [-0.2, 0) is 11.3 Å². The van der Waals surface area contributed by atoms with E-state index in [1.807, 2.05) is 4.57 Å². The topological polar surface area (TPSA) is 86.9 Å². The molecule has 1 atom stereocenters. The first-order valence-corrected chi connectivity index (χ1v) is 4.69. The molecule has 0 fully saturated rings. The summed E-state index contributed by atoms with van der Waals surface area (Å²) in [5.74, 6) is -0.387. The van der Waals surface area contributed by atoms with Gasteiger partial charge in [-0.25, -0.2) is 4.98 Å². The van der Waals surface area contributed by atoms with E-state index in [2.05, 4.69) is 11.9 Å². The molecule has 0 bridgehead atoms. The predicted octanol–water partition coefficient (Wildman–Crippen LogP) is 0.168. The summed E-state index contributed by atoms with van der Waals surface area (Å²) < 4.78 is 1.95. The van der Waals surface area contributed by atoms with Crippen LogP contribution < -0.4 is 11.5 Å². The number of hydrogen-bond donors (Lipinski definition) is 2. The van der Waals surface area contributed by atoms with E-state index in [1.165, 1.54) is 0 Å². The number of rotatable bonds is 5. The quantitative estimate of drug-likeness (QED) is 0.703. The molecule has 1 rings (SSSR count). The molecule has 5 nitrogen and oxygen atoms in total. The van der Waals surface area contributed by atoms with Gasteiger partial charge in [0.2, 0.25) is 5.91 Å². The lowest BCUT2D eigenvalue weighted by molar-refractivity contribution is -0.118. The Morgan fingerprint density at radius 1 is 1.71 bits per heavy atom. The minimum absolute atomic E-state index is 0.162. The molecule has 0 aliphatic carbocycles. The molecular formula is C9H16N4O. The molecule has 0 aromatic carbocycles. The van der Waals surface area contributed by atoms with Gasteiger partial charge in [-0.2, -0.15) is 0 Å². The third-order valence-corrected chi connectivity index (χ3v) is 2.01. The lowest BCUT2D eigenvalue weighted by atomic mass is 10.1. The Labute approximate surface area is 83.1 Å². The van der Waals surface area contributed by atoms with Gasteiger partial charge in [-0.05, 0) is 6.42 Å². The molecule has 0 spiro atoms. The summed E-state index contributed by atoms with van der Waals surface area (Å²) in [5, 5.41) is 0. The number of carbonyl (C=O) groups excluding carboxylic acids is 1. The van der Waals surface area contributed by atoms with Crippen LogP contribution in [0.2, 0.25) is 0 Å². The van der Waals surface area contributed by atoms with E-state index in [0.717, 1.165) is 18.7 Å². The van der Waals surface area contributed by atoms with E-state index in [4.69, 9.17) is 11.5 Å². The largest absolute Gasteiger partial charge is 0.370 e. The number of aromatic nitrogens is 2. The van der Waals surface area contributed by atoms with E-state index in [1.54, 1.807) is 12.5 Å². The number of nitrogens with two attached hydrogens (primary N) is 2. The van der Waals surface area contributed by atoms with Gasteiger partial charge in [0, 0.05) is 19.2 Å². The molecule has 0 radical (unpaired) electrons. The maximum atomic E-state index is 10.7. The van der Waals surface area contributed by atoms with Crippen molar-refractivity contribution < 1.29 is 4.79 Å². The van der Waals surface area contributed by atoms with E-state index < -0.39 is 0 Å². The van der Waals surface area contributed by atoms with Crippen molar-refractivity contribution in [1.29, 1.82) is 0 Å². The van der Waals surface area contributed by atoms with Crippen LogP contribution in [0.3, 0.4) is 0 Å². The number of amides is 1. The summed E-state index contributed by atoms with van der Waals surface area (Å²) in [7, 11) is 0. The lowest BCUT2D eigenvalue weighted by Gasteiger charge is -2.12. The fourth-order valence-electron chi connectivity index (χ4n) is 1.39. The normalized spacial score (nSPS) is 12.7. The summed E-state index contributed by atoms with van der Waals surface area (Å²) in [6, 6.07) is -0.346. The second kappa shape index (κ2) is 4.76. The van der Waals surface area contributed by atoms with E-state index >= 15 is 0 Å². The van der Waals surface area contributed by atoms with E-state index in [9.17, 15) is 4.79 Å². The Bertz CT molecular complexity index is 308. The van der Waals surface area contributed by atoms with Gasteiger partial charge in [-0.3, -0.25) is 4.79 Å². The maximum Gasteiger partial charge on any atom is 0.219 e. The average molecular weight is 196 g/mol. The van der Waals surface area contributed by atoms with Gasteiger partial charge in [-0.15, -0.1) is 0 Å². The molecular weight excluding hydrogens is 180 g/mol. The number of aryl methyl sites for hydroxylation is 1. The van der Waals surface area contributed by atoms with Crippen molar-refractivity contribution in [1.82, 2.24) is 9.55 Å². The Hall–Kier alpha value is -1.36. The van der Waals surface area contributed by atoms with Crippen molar-refractivity contribution in [2.45, 2.75) is 32.4 Å². The van der Waals surface area contributed by atoms with Gasteiger partial charge in [0.15, 0.2) is 0 Å². The van der Waals surface area contributed by atoms with Crippen molar-refractivity contribution in [3.05, 3.63) is 18.2 Å². The van der Waals surface area contributed by atoms with Crippen LogP contribution in [0.15, 0.2) is 12.5 Å².